The number of hydrogen-bond donors (Lipinski definition) is 0. The maximum Gasteiger partial charge on any atom is 0.245 e. The first-order chi connectivity index (χ1) is 11.0. The minimum atomic E-state index is -3.63. The second-order valence-electron chi connectivity index (χ2n) is 5.45. The van der Waals surface area contributed by atoms with Crippen LogP contribution in [-0.2, 0) is 14.8 Å². The first-order valence-corrected chi connectivity index (χ1v) is 9.31. The molecule has 0 bridgehead atoms. The topological polar surface area (TPSA) is 46.6 Å². The van der Waals surface area contributed by atoms with Crippen LogP contribution in [0.3, 0.4) is 0 Å². The van der Waals surface area contributed by atoms with Crippen LogP contribution in [0.25, 0.3) is 0 Å². The summed E-state index contributed by atoms with van der Waals surface area (Å²) in [5, 5.41) is 0.608. The quantitative estimate of drug-likeness (QED) is 0.840. The predicted molar refractivity (Wildman–Crippen MR) is 89.7 cm³/mol. The Hall–Kier alpha value is -1.40. The van der Waals surface area contributed by atoms with E-state index in [9.17, 15) is 8.42 Å². The molecule has 1 heterocycles. The van der Waals surface area contributed by atoms with Crippen molar-refractivity contribution >= 4 is 21.6 Å². The van der Waals surface area contributed by atoms with E-state index in [0.717, 1.165) is 5.56 Å². The standard InChI is InChI=1S/C17H18ClNO3S/c1-2-15-12-22-17(13-8-10-14(18)11-9-13)19(15)23(20,21)16-6-4-3-5-7-16/h3-11,15,17H,2,12H2,1H3/t15-,17-/m1/s1. The van der Waals surface area contributed by atoms with Gasteiger partial charge in [0.15, 0.2) is 0 Å². The molecule has 3 rings (SSSR count). The van der Waals surface area contributed by atoms with Crippen molar-refractivity contribution in [2.75, 3.05) is 6.61 Å². The van der Waals surface area contributed by atoms with Crippen molar-refractivity contribution < 1.29 is 13.2 Å². The Bertz CT molecular complexity index is 762. The average Bonchev–Trinajstić information content (AvgIpc) is 3.01. The van der Waals surface area contributed by atoms with E-state index < -0.39 is 16.3 Å². The predicted octanol–water partition coefficient (Wildman–Crippen LogP) is 3.84. The van der Waals surface area contributed by atoms with Gasteiger partial charge in [-0.3, -0.25) is 0 Å². The summed E-state index contributed by atoms with van der Waals surface area (Å²) >= 11 is 5.92. The van der Waals surface area contributed by atoms with E-state index in [2.05, 4.69) is 0 Å². The maximum absolute atomic E-state index is 13.1. The highest BCUT2D eigenvalue weighted by atomic mass is 35.5. The van der Waals surface area contributed by atoms with Gasteiger partial charge in [0, 0.05) is 5.02 Å². The lowest BCUT2D eigenvalue weighted by molar-refractivity contribution is 0.0681. The van der Waals surface area contributed by atoms with E-state index >= 15 is 0 Å². The van der Waals surface area contributed by atoms with Crippen molar-refractivity contribution in [2.24, 2.45) is 0 Å². The van der Waals surface area contributed by atoms with E-state index in [4.69, 9.17) is 16.3 Å². The second-order valence-corrected chi connectivity index (χ2v) is 7.73. The molecule has 2 aromatic carbocycles. The molecule has 0 saturated carbocycles. The van der Waals surface area contributed by atoms with Gasteiger partial charge >= 0.3 is 0 Å². The first kappa shape index (κ1) is 16.5. The van der Waals surface area contributed by atoms with Gasteiger partial charge in [0.2, 0.25) is 10.0 Å². The second kappa shape index (κ2) is 6.61. The number of hydrogen-bond acceptors (Lipinski definition) is 3. The number of ether oxygens (including phenoxy) is 1. The summed E-state index contributed by atoms with van der Waals surface area (Å²) in [5.41, 5.74) is 0.782. The van der Waals surface area contributed by atoms with Gasteiger partial charge in [-0.05, 0) is 36.2 Å². The van der Waals surface area contributed by atoms with Crippen LogP contribution in [0.15, 0.2) is 59.5 Å². The molecule has 2 aromatic rings. The molecule has 1 aliphatic heterocycles. The molecule has 4 nitrogen and oxygen atoms in total. The molecular weight excluding hydrogens is 334 g/mol. The molecule has 0 unspecified atom stereocenters. The number of nitrogens with zero attached hydrogens (tertiary/aromatic N) is 1. The van der Waals surface area contributed by atoms with Crippen molar-refractivity contribution in [3.8, 4) is 0 Å². The molecule has 1 saturated heterocycles. The molecule has 2 atom stereocenters. The summed E-state index contributed by atoms with van der Waals surface area (Å²) < 4.78 is 33.4. The summed E-state index contributed by atoms with van der Waals surface area (Å²) in [4.78, 5) is 0.280. The van der Waals surface area contributed by atoms with Crippen molar-refractivity contribution in [3.05, 3.63) is 65.2 Å². The molecule has 0 aliphatic carbocycles. The van der Waals surface area contributed by atoms with Crippen LogP contribution < -0.4 is 0 Å². The molecule has 0 aromatic heterocycles. The average molecular weight is 352 g/mol. The Labute approximate surface area is 141 Å². The maximum atomic E-state index is 13.1. The molecule has 0 N–H and O–H groups in total. The monoisotopic (exact) mass is 351 g/mol. The van der Waals surface area contributed by atoms with Gasteiger partial charge in [-0.15, -0.1) is 0 Å². The van der Waals surface area contributed by atoms with Crippen LogP contribution in [0.1, 0.15) is 25.1 Å². The summed E-state index contributed by atoms with van der Waals surface area (Å²) in [5.74, 6) is 0. The van der Waals surface area contributed by atoms with Crippen LogP contribution in [-0.4, -0.2) is 25.4 Å². The van der Waals surface area contributed by atoms with Crippen LogP contribution >= 0.6 is 11.6 Å². The van der Waals surface area contributed by atoms with Gasteiger partial charge in [0.25, 0.3) is 0 Å². The SMILES string of the molecule is CC[C@@H]1CO[C@H](c2ccc(Cl)cc2)N1S(=O)(=O)c1ccccc1. The highest BCUT2D eigenvalue weighted by Crippen LogP contribution is 2.37. The fraction of sp³-hybridized carbons (Fsp3) is 0.294. The summed E-state index contributed by atoms with van der Waals surface area (Å²) in [6.07, 6.45) is 0.0679. The Kier molecular flexibility index (Phi) is 4.73. The molecule has 23 heavy (non-hydrogen) atoms. The lowest BCUT2D eigenvalue weighted by atomic mass is 10.2. The third-order valence-corrected chi connectivity index (χ3v) is 6.15. The number of sulfonamides is 1. The van der Waals surface area contributed by atoms with Crippen molar-refractivity contribution in [3.63, 3.8) is 0 Å². The van der Waals surface area contributed by atoms with E-state index in [-0.39, 0.29) is 10.9 Å². The van der Waals surface area contributed by atoms with Gasteiger partial charge < -0.3 is 4.74 Å². The Balaban J connectivity index is 2.03. The Morgan fingerprint density at radius 3 is 2.39 bits per heavy atom. The Morgan fingerprint density at radius 1 is 1.13 bits per heavy atom. The van der Waals surface area contributed by atoms with Crippen LogP contribution in [0.2, 0.25) is 5.02 Å². The summed E-state index contributed by atoms with van der Waals surface area (Å²) in [6, 6.07) is 15.4. The largest absolute Gasteiger partial charge is 0.356 e. The molecular formula is C17H18ClNO3S. The fourth-order valence-corrected chi connectivity index (χ4v) is 4.65. The van der Waals surface area contributed by atoms with Gasteiger partial charge in [-0.1, -0.05) is 48.9 Å². The van der Waals surface area contributed by atoms with Crippen molar-refractivity contribution in [1.82, 2.24) is 4.31 Å². The molecule has 0 spiro atoms. The fourth-order valence-electron chi connectivity index (χ4n) is 2.75. The van der Waals surface area contributed by atoms with E-state index in [1.165, 1.54) is 4.31 Å². The minimum Gasteiger partial charge on any atom is -0.356 e. The lowest BCUT2D eigenvalue weighted by Crippen LogP contribution is -2.37. The zero-order valence-electron chi connectivity index (χ0n) is 12.7. The molecule has 1 fully saturated rings. The highest BCUT2D eigenvalue weighted by Gasteiger charge is 2.43. The van der Waals surface area contributed by atoms with E-state index in [1.807, 2.05) is 6.92 Å². The van der Waals surface area contributed by atoms with E-state index in [1.54, 1.807) is 54.6 Å². The summed E-state index contributed by atoms with van der Waals surface area (Å²) in [6.45, 7) is 2.35. The third-order valence-electron chi connectivity index (χ3n) is 3.98. The van der Waals surface area contributed by atoms with E-state index in [0.29, 0.717) is 18.1 Å². The molecule has 0 amide bonds. The number of benzene rings is 2. The van der Waals surface area contributed by atoms with Gasteiger partial charge in [-0.2, -0.15) is 4.31 Å². The van der Waals surface area contributed by atoms with Crippen LogP contribution in [0, 0.1) is 0 Å². The number of rotatable bonds is 4. The molecule has 0 radical (unpaired) electrons. The van der Waals surface area contributed by atoms with Crippen molar-refractivity contribution in [1.29, 1.82) is 0 Å². The summed E-state index contributed by atoms with van der Waals surface area (Å²) in [7, 11) is -3.63. The van der Waals surface area contributed by atoms with Gasteiger partial charge in [0.05, 0.1) is 17.5 Å². The normalized spacial score (nSPS) is 22.3. The molecule has 122 valence electrons. The molecule has 6 heteroatoms. The zero-order chi connectivity index (χ0) is 16.4. The molecule has 1 aliphatic rings. The Morgan fingerprint density at radius 2 is 1.78 bits per heavy atom. The lowest BCUT2D eigenvalue weighted by Gasteiger charge is -2.27. The van der Waals surface area contributed by atoms with Gasteiger partial charge in [0.1, 0.15) is 6.23 Å². The smallest absolute Gasteiger partial charge is 0.245 e. The third kappa shape index (κ3) is 3.15. The van der Waals surface area contributed by atoms with Gasteiger partial charge in [-0.25, -0.2) is 8.42 Å². The first-order valence-electron chi connectivity index (χ1n) is 7.49. The zero-order valence-corrected chi connectivity index (χ0v) is 14.3. The highest BCUT2D eigenvalue weighted by molar-refractivity contribution is 7.89. The minimum absolute atomic E-state index is 0.180. The van der Waals surface area contributed by atoms with Crippen LogP contribution in [0.5, 0.6) is 0 Å². The number of halogens is 1. The van der Waals surface area contributed by atoms with Crippen LogP contribution in [0.4, 0.5) is 0 Å². The van der Waals surface area contributed by atoms with Crippen molar-refractivity contribution in [2.45, 2.75) is 30.5 Å².